The summed E-state index contributed by atoms with van der Waals surface area (Å²) < 4.78 is 27.6. The Balaban J connectivity index is 1.63. The maximum absolute atomic E-state index is 12.5. The van der Waals surface area contributed by atoms with Gasteiger partial charge in [-0.25, -0.2) is 13.1 Å². The summed E-state index contributed by atoms with van der Waals surface area (Å²) in [5, 5.41) is 6.09. The maximum Gasteiger partial charge on any atom is 0.240 e. The van der Waals surface area contributed by atoms with Gasteiger partial charge in [0.15, 0.2) is 0 Å². The summed E-state index contributed by atoms with van der Waals surface area (Å²) in [6.07, 6.45) is 1.91. The van der Waals surface area contributed by atoms with Crippen molar-refractivity contribution in [3.05, 3.63) is 23.8 Å². The molecule has 0 unspecified atom stereocenters. The molecule has 1 fully saturated rings. The van der Waals surface area contributed by atoms with Gasteiger partial charge in [-0.1, -0.05) is 0 Å². The lowest BCUT2D eigenvalue weighted by atomic mass is 10.1. The van der Waals surface area contributed by atoms with Crippen molar-refractivity contribution in [2.45, 2.75) is 24.2 Å². The Kier molecular flexibility index (Phi) is 5.50. The van der Waals surface area contributed by atoms with E-state index in [4.69, 9.17) is 0 Å². The topological polar surface area (TPSA) is 90.5 Å². The summed E-state index contributed by atoms with van der Waals surface area (Å²) in [6, 6.07) is 4.91. The Hall–Kier alpha value is -1.48. The minimum absolute atomic E-state index is 0.0153. The molecule has 2 aliphatic heterocycles. The second kappa shape index (κ2) is 7.60. The van der Waals surface area contributed by atoms with Gasteiger partial charge in [0, 0.05) is 51.4 Å². The Morgan fingerprint density at radius 1 is 1.17 bits per heavy atom. The minimum Gasteiger partial charge on any atom is -0.326 e. The Labute approximate surface area is 142 Å². The molecule has 0 radical (unpaired) electrons. The number of anilines is 1. The lowest BCUT2D eigenvalue weighted by Gasteiger charge is -2.27. The highest BCUT2D eigenvalue weighted by Gasteiger charge is 2.19. The van der Waals surface area contributed by atoms with Crippen molar-refractivity contribution < 1.29 is 13.2 Å². The van der Waals surface area contributed by atoms with Crippen LogP contribution in [0.1, 0.15) is 18.4 Å². The normalized spacial score (nSPS) is 19.4. The number of fused-ring (bicyclic) bond motifs is 1. The second-order valence-corrected chi connectivity index (χ2v) is 7.98. The van der Waals surface area contributed by atoms with Gasteiger partial charge in [-0.3, -0.25) is 9.69 Å². The summed E-state index contributed by atoms with van der Waals surface area (Å²) >= 11 is 0. The van der Waals surface area contributed by atoms with E-state index in [1.807, 2.05) is 0 Å². The third-order valence-electron chi connectivity index (χ3n) is 4.44. The molecule has 132 valence electrons. The molecule has 2 heterocycles. The van der Waals surface area contributed by atoms with E-state index in [9.17, 15) is 13.2 Å². The van der Waals surface area contributed by atoms with E-state index in [1.54, 1.807) is 18.2 Å². The molecule has 8 heteroatoms. The molecule has 3 N–H and O–H groups in total. The molecule has 1 saturated heterocycles. The Morgan fingerprint density at radius 2 is 1.96 bits per heavy atom. The van der Waals surface area contributed by atoms with Crippen molar-refractivity contribution in [1.29, 1.82) is 0 Å². The average Bonchev–Trinajstić information content (AvgIpc) is 2.75. The molecular formula is C16H24N4O3S. The molecule has 3 rings (SSSR count). The number of benzene rings is 1. The van der Waals surface area contributed by atoms with Crippen molar-refractivity contribution in [2.75, 3.05) is 44.6 Å². The molecule has 1 amide bonds. The number of nitrogens with zero attached hydrogens (tertiary/aromatic N) is 1. The molecule has 2 aliphatic rings. The SMILES string of the molecule is O=C1CCCc2cc(S(=O)(=O)NCCN3CCNCC3)ccc2N1. The van der Waals surface area contributed by atoms with Gasteiger partial charge in [0.1, 0.15) is 0 Å². The number of rotatable bonds is 5. The highest BCUT2D eigenvalue weighted by molar-refractivity contribution is 7.89. The molecule has 1 aromatic rings. The quantitative estimate of drug-likeness (QED) is 0.702. The van der Waals surface area contributed by atoms with Gasteiger partial charge >= 0.3 is 0 Å². The lowest BCUT2D eigenvalue weighted by molar-refractivity contribution is -0.116. The minimum atomic E-state index is -3.53. The van der Waals surface area contributed by atoms with Crippen LogP contribution in [0.2, 0.25) is 0 Å². The fourth-order valence-corrected chi connectivity index (χ4v) is 4.15. The molecular weight excluding hydrogens is 328 g/mol. The van der Waals surface area contributed by atoms with E-state index in [-0.39, 0.29) is 10.8 Å². The van der Waals surface area contributed by atoms with Crippen LogP contribution in [0, 0.1) is 0 Å². The maximum atomic E-state index is 12.5. The molecule has 0 spiro atoms. The monoisotopic (exact) mass is 352 g/mol. The van der Waals surface area contributed by atoms with Gasteiger partial charge in [0.05, 0.1) is 4.90 Å². The number of sulfonamides is 1. The van der Waals surface area contributed by atoms with Gasteiger partial charge < -0.3 is 10.6 Å². The van der Waals surface area contributed by atoms with Crippen LogP contribution in [0.5, 0.6) is 0 Å². The third-order valence-corrected chi connectivity index (χ3v) is 5.90. The number of nitrogens with one attached hydrogen (secondary N) is 3. The van der Waals surface area contributed by atoms with Crippen molar-refractivity contribution in [2.24, 2.45) is 0 Å². The Bertz CT molecular complexity index is 699. The first-order valence-electron chi connectivity index (χ1n) is 8.40. The standard InChI is InChI=1S/C16H24N4O3S/c21-16-3-1-2-13-12-14(4-5-15(13)19-16)24(22,23)18-8-11-20-9-6-17-7-10-20/h4-5,12,17-18H,1-3,6-11H2,(H,19,21). The second-order valence-electron chi connectivity index (χ2n) is 6.21. The van der Waals surface area contributed by atoms with E-state index < -0.39 is 10.0 Å². The summed E-state index contributed by atoms with van der Waals surface area (Å²) in [4.78, 5) is 14.1. The zero-order chi connectivity index (χ0) is 17.0. The van der Waals surface area contributed by atoms with Crippen LogP contribution in [0.25, 0.3) is 0 Å². The van der Waals surface area contributed by atoms with E-state index in [2.05, 4.69) is 20.3 Å². The highest BCUT2D eigenvalue weighted by atomic mass is 32.2. The first-order valence-corrected chi connectivity index (χ1v) is 9.88. The summed E-state index contributed by atoms with van der Waals surface area (Å²) in [6.45, 7) is 4.89. The van der Waals surface area contributed by atoms with Crippen LogP contribution in [0.4, 0.5) is 5.69 Å². The lowest BCUT2D eigenvalue weighted by Crippen LogP contribution is -2.46. The molecule has 1 aromatic carbocycles. The Morgan fingerprint density at radius 3 is 2.75 bits per heavy atom. The van der Waals surface area contributed by atoms with Gasteiger partial charge in [0.2, 0.25) is 15.9 Å². The van der Waals surface area contributed by atoms with Crippen LogP contribution in [0.15, 0.2) is 23.1 Å². The van der Waals surface area contributed by atoms with Crippen LogP contribution in [-0.4, -0.2) is 58.5 Å². The molecule has 7 nitrogen and oxygen atoms in total. The fraction of sp³-hybridized carbons (Fsp3) is 0.562. The first kappa shape index (κ1) is 17.3. The largest absolute Gasteiger partial charge is 0.326 e. The van der Waals surface area contributed by atoms with E-state index in [1.165, 1.54) is 0 Å². The summed E-state index contributed by atoms with van der Waals surface area (Å²) in [7, 11) is -3.53. The van der Waals surface area contributed by atoms with Gasteiger partial charge in [-0.2, -0.15) is 0 Å². The zero-order valence-corrected chi connectivity index (χ0v) is 14.5. The number of amides is 1. The number of carbonyl (C=O) groups is 1. The average molecular weight is 352 g/mol. The van der Waals surface area contributed by atoms with Crippen molar-refractivity contribution >= 4 is 21.6 Å². The van der Waals surface area contributed by atoms with Crippen molar-refractivity contribution in [3.8, 4) is 0 Å². The third kappa shape index (κ3) is 4.32. The predicted molar refractivity (Wildman–Crippen MR) is 92.5 cm³/mol. The summed E-state index contributed by atoms with van der Waals surface area (Å²) in [5.41, 5.74) is 1.60. The van der Waals surface area contributed by atoms with E-state index >= 15 is 0 Å². The van der Waals surface area contributed by atoms with Crippen molar-refractivity contribution in [3.63, 3.8) is 0 Å². The van der Waals surface area contributed by atoms with Crippen molar-refractivity contribution in [1.82, 2.24) is 14.9 Å². The molecule has 0 aliphatic carbocycles. The molecule has 0 aromatic heterocycles. The number of hydrogen-bond acceptors (Lipinski definition) is 5. The number of hydrogen-bond donors (Lipinski definition) is 3. The zero-order valence-electron chi connectivity index (χ0n) is 13.7. The van der Waals surface area contributed by atoms with E-state index in [0.29, 0.717) is 25.9 Å². The van der Waals surface area contributed by atoms with E-state index in [0.717, 1.165) is 43.9 Å². The predicted octanol–water partition coefficient (Wildman–Crippen LogP) is 0.145. The fourth-order valence-electron chi connectivity index (χ4n) is 3.07. The smallest absolute Gasteiger partial charge is 0.240 e. The van der Waals surface area contributed by atoms with Gasteiger partial charge in [-0.15, -0.1) is 0 Å². The number of aryl methyl sites for hydroxylation is 1. The number of piperazine rings is 1. The van der Waals surface area contributed by atoms with Crippen LogP contribution in [-0.2, 0) is 21.2 Å². The van der Waals surface area contributed by atoms with Crippen LogP contribution in [0.3, 0.4) is 0 Å². The van der Waals surface area contributed by atoms with Gasteiger partial charge in [0.25, 0.3) is 0 Å². The molecule has 0 saturated carbocycles. The van der Waals surface area contributed by atoms with Crippen LogP contribution >= 0.6 is 0 Å². The summed E-state index contributed by atoms with van der Waals surface area (Å²) in [5.74, 6) is -0.0153. The van der Waals surface area contributed by atoms with Crippen LogP contribution < -0.4 is 15.4 Å². The molecule has 24 heavy (non-hydrogen) atoms. The first-order chi connectivity index (χ1) is 11.5. The number of carbonyl (C=O) groups excluding carboxylic acids is 1. The molecule has 0 atom stereocenters. The highest BCUT2D eigenvalue weighted by Crippen LogP contribution is 2.25. The van der Waals surface area contributed by atoms with Gasteiger partial charge in [-0.05, 0) is 36.6 Å². The molecule has 0 bridgehead atoms.